The molecule has 1 unspecified atom stereocenters. The van der Waals surface area contributed by atoms with E-state index in [0.29, 0.717) is 12.8 Å². The first kappa shape index (κ1) is 46.2. The zero-order chi connectivity index (χ0) is 35.0. The molecule has 0 saturated carbocycles. The average molecular weight is 673 g/mol. The van der Waals surface area contributed by atoms with Crippen molar-refractivity contribution in [3.05, 3.63) is 36.5 Å². The number of rotatable bonds is 38. The molecule has 0 aromatic carbocycles. The third kappa shape index (κ3) is 38.6. The van der Waals surface area contributed by atoms with E-state index in [1.54, 1.807) is 0 Å². The molecule has 0 radical (unpaired) electrons. The summed E-state index contributed by atoms with van der Waals surface area (Å²) in [6.45, 7) is 4.44. The van der Waals surface area contributed by atoms with Crippen LogP contribution in [0.3, 0.4) is 0 Å². The Morgan fingerprint density at radius 3 is 1.35 bits per heavy atom. The topological polar surface area (TPSA) is 63.6 Å². The molecule has 0 spiro atoms. The van der Waals surface area contributed by atoms with Gasteiger partial charge >= 0.3 is 11.9 Å². The lowest BCUT2D eigenvalue weighted by Gasteiger charge is -2.18. The Morgan fingerprint density at radius 1 is 0.479 bits per heavy atom. The highest BCUT2D eigenvalue weighted by Gasteiger charge is 2.14. The molecular formula is C44H80O4. The van der Waals surface area contributed by atoms with Gasteiger partial charge in [-0.1, -0.05) is 179 Å². The molecule has 0 aromatic heterocycles. The van der Waals surface area contributed by atoms with Gasteiger partial charge in [0.15, 0.2) is 0 Å². The van der Waals surface area contributed by atoms with Gasteiger partial charge in [-0.15, -0.1) is 0 Å². The number of carboxylic acids is 1. The molecule has 0 fully saturated rings. The minimum Gasteiger partial charge on any atom is -0.481 e. The van der Waals surface area contributed by atoms with Crippen LogP contribution in [0.5, 0.6) is 0 Å². The molecule has 0 aromatic rings. The Morgan fingerprint density at radius 2 is 0.875 bits per heavy atom. The molecule has 0 rings (SSSR count). The maximum absolute atomic E-state index is 12.7. The van der Waals surface area contributed by atoms with Gasteiger partial charge in [0.2, 0.25) is 0 Å². The van der Waals surface area contributed by atoms with Crippen molar-refractivity contribution in [2.24, 2.45) is 0 Å². The number of carbonyl (C=O) groups is 2. The van der Waals surface area contributed by atoms with E-state index in [0.717, 1.165) is 57.8 Å². The molecular weight excluding hydrogens is 592 g/mol. The number of hydrogen-bond donors (Lipinski definition) is 1. The van der Waals surface area contributed by atoms with E-state index in [2.05, 4.69) is 50.3 Å². The summed E-state index contributed by atoms with van der Waals surface area (Å²) >= 11 is 0. The second kappa shape index (κ2) is 39.6. The fraction of sp³-hybridized carbons (Fsp3) is 0.818. The molecule has 0 saturated heterocycles. The third-order valence-electron chi connectivity index (χ3n) is 9.38. The zero-order valence-electron chi connectivity index (χ0n) is 32.0. The maximum Gasteiger partial charge on any atom is 0.306 e. The number of ether oxygens (including phenoxy) is 1. The molecule has 0 aliphatic rings. The number of allylic oxidation sites excluding steroid dienone is 6. The van der Waals surface area contributed by atoms with E-state index in [-0.39, 0.29) is 12.1 Å². The molecule has 0 amide bonds. The van der Waals surface area contributed by atoms with Crippen LogP contribution < -0.4 is 0 Å². The first-order valence-corrected chi connectivity index (χ1v) is 21.0. The van der Waals surface area contributed by atoms with Crippen molar-refractivity contribution in [1.29, 1.82) is 0 Å². The predicted octanol–water partition coefficient (Wildman–Crippen LogP) is 14.6. The summed E-state index contributed by atoms with van der Waals surface area (Å²) in [4.78, 5) is 23.3. The number of hydrogen-bond acceptors (Lipinski definition) is 3. The largest absolute Gasteiger partial charge is 0.481 e. The van der Waals surface area contributed by atoms with Crippen molar-refractivity contribution >= 4 is 11.9 Å². The zero-order valence-corrected chi connectivity index (χ0v) is 32.0. The fourth-order valence-electron chi connectivity index (χ4n) is 6.32. The van der Waals surface area contributed by atoms with Crippen molar-refractivity contribution in [3.8, 4) is 0 Å². The van der Waals surface area contributed by atoms with Crippen molar-refractivity contribution in [1.82, 2.24) is 0 Å². The normalized spacial score (nSPS) is 12.5. The van der Waals surface area contributed by atoms with E-state index in [4.69, 9.17) is 9.84 Å². The van der Waals surface area contributed by atoms with Gasteiger partial charge in [-0.3, -0.25) is 9.59 Å². The summed E-state index contributed by atoms with van der Waals surface area (Å²) in [5, 5.41) is 8.71. The van der Waals surface area contributed by atoms with Crippen LogP contribution in [0.4, 0.5) is 0 Å². The van der Waals surface area contributed by atoms with E-state index in [1.807, 2.05) is 0 Å². The summed E-state index contributed by atoms with van der Waals surface area (Å²) < 4.78 is 6.05. The third-order valence-corrected chi connectivity index (χ3v) is 9.38. The lowest BCUT2D eigenvalue weighted by molar-refractivity contribution is -0.150. The predicted molar refractivity (Wildman–Crippen MR) is 209 cm³/mol. The minimum atomic E-state index is -0.672. The quantitative estimate of drug-likeness (QED) is 0.0403. The molecule has 1 N–H and O–H groups in total. The highest BCUT2D eigenvalue weighted by Crippen LogP contribution is 2.19. The van der Waals surface area contributed by atoms with Crippen molar-refractivity contribution < 1.29 is 19.4 Å². The highest BCUT2D eigenvalue weighted by atomic mass is 16.5. The van der Waals surface area contributed by atoms with Gasteiger partial charge in [0, 0.05) is 12.8 Å². The molecule has 0 heterocycles. The average Bonchev–Trinajstić information content (AvgIpc) is 3.07. The van der Waals surface area contributed by atoms with Crippen LogP contribution in [-0.2, 0) is 14.3 Å². The molecule has 0 bridgehead atoms. The van der Waals surface area contributed by atoms with Gasteiger partial charge in [-0.2, -0.15) is 0 Å². The van der Waals surface area contributed by atoms with Crippen LogP contribution in [0.15, 0.2) is 36.5 Å². The van der Waals surface area contributed by atoms with Gasteiger partial charge < -0.3 is 9.84 Å². The van der Waals surface area contributed by atoms with Crippen LogP contribution in [0.2, 0.25) is 0 Å². The number of aliphatic carboxylic acids is 1. The van der Waals surface area contributed by atoms with Gasteiger partial charge in [-0.25, -0.2) is 0 Å². The van der Waals surface area contributed by atoms with Crippen LogP contribution in [-0.4, -0.2) is 23.1 Å². The monoisotopic (exact) mass is 673 g/mol. The van der Waals surface area contributed by atoms with Gasteiger partial charge in [-0.05, 0) is 70.6 Å². The fourth-order valence-corrected chi connectivity index (χ4v) is 6.32. The van der Waals surface area contributed by atoms with E-state index < -0.39 is 5.97 Å². The first-order valence-electron chi connectivity index (χ1n) is 21.0. The lowest BCUT2D eigenvalue weighted by Crippen LogP contribution is -2.18. The molecule has 0 aliphatic heterocycles. The van der Waals surface area contributed by atoms with Crippen LogP contribution >= 0.6 is 0 Å². The number of esters is 1. The SMILES string of the molecule is CC/C=C\C/C=C\C/C=C\CCCCCCCCCC(=O)OC(CCCCCCCCC)CCCCCCCCCCCCCC(=O)O. The Hall–Kier alpha value is -1.84. The second-order valence-corrected chi connectivity index (χ2v) is 14.2. The standard InChI is InChI=1S/C44H80O4/c1-3-5-7-9-11-12-13-14-15-16-17-18-22-25-29-33-37-41-44(47)48-42(38-34-30-26-10-8-6-4-2)39-35-31-27-23-20-19-21-24-28-32-36-40-43(45)46/h5,7,11-12,14-15,42H,3-4,6,8-10,13,16-41H2,1-2H3,(H,45,46)/b7-5-,12-11-,15-14-. The number of unbranched alkanes of at least 4 members (excludes halogenated alkanes) is 23. The molecule has 280 valence electrons. The summed E-state index contributed by atoms with van der Waals surface area (Å²) in [6, 6.07) is 0. The van der Waals surface area contributed by atoms with Crippen molar-refractivity contribution in [2.75, 3.05) is 0 Å². The summed E-state index contributed by atoms with van der Waals surface area (Å²) in [5.41, 5.74) is 0. The molecule has 48 heavy (non-hydrogen) atoms. The summed E-state index contributed by atoms with van der Waals surface area (Å²) in [7, 11) is 0. The maximum atomic E-state index is 12.7. The van der Waals surface area contributed by atoms with E-state index >= 15 is 0 Å². The first-order chi connectivity index (χ1) is 23.6. The van der Waals surface area contributed by atoms with Crippen molar-refractivity contribution in [2.45, 2.75) is 232 Å². The smallest absolute Gasteiger partial charge is 0.306 e. The highest BCUT2D eigenvalue weighted by molar-refractivity contribution is 5.69. The van der Waals surface area contributed by atoms with Crippen molar-refractivity contribution in [3.63, 3.8) is 0 Å². The van der Waals surface area contributed by atoms with E-state index in [1.165, 1.54) is 141 Å². The van der Waals surface area contributed by atoms with Gasteiger partial charge in [0.05, 0.1) is 0 Å². The van der Waals surface area contributed by atoms with Gasteiger partial charge in [0.25, 0.3) is 0 Å². The second-order valence-electron chi connectivity index (χ2n) is 14.2. The number of carbonyl (C=O) groups excluding carboxylic acids is 1. The molecule has 1 atom stereocenters. The Kier molecular flexibility index (Phi) is 38.1. The van der Waals surface area contributed by atoms with Crippen LogP contribution in [0.1, 0.15) is 226 Å². The molecule has 4 nitrogen and oxygen atoms in total. The summed E-state index contributed by atoms with van der Waals surface area (Å²) in [6.07, 6.45) is 51.8. The molecule has 4 heteroatoms. The molecule has 0 aliphatic carbocycles. The van der Waals surface area contributed by atoms with Crippen LogP contribution in [0, 0.1) is 0 Å². The summed E-state index contributed by atoms with van der Waals surface area (Å²) in [5.74, 6) is -0.639. The number of carboxylic acid groups (broad SMARTS) is 1. The van der Waals surface area contributed by atoms with Crippen LogP contribution in [0.25, 0.3) is 0 Å². The Labute approximate surface area is 299 Å². The van der Waals surface area contributed by atoms with E-state index in [9.17, 15) is 9.59 Å². The van der Waals surface area contributed by atoms with Gasteiger partial charge in [0.1, 0.15) is 6.10 Å². The lowest BCUT2D eigenvalue weighted by atomic mass is 10.0. The Balaban J connectivity index is 3.98. The Bertz CT molecular complexity index is 768. The minimum absolute atomic E-state index is 0.0324.